The third-order valence-electron chi connectivity index (χ3n) is 5.37. The molecule has 1 saturated heterocycles. The molecule has 4 heterocycles. The van der Waals surface area contributed by atoms with E-state index < -0.39 is 0 Å². The van der Waals surface area contributed by atoms with E-state index in [9.17, 15) is 4.79 Å². The predicted octanol–water partition coefficient (Wildman–Crippen LogP) is 1.59. The van der Waals surface area contributed by atoms with Gasteiger partial charge in [-0.25, -0.2) is 4.68 Å². The molecule has 3 aliphatic rings. The average Bonchev–Trinajstić information content (AvgIpc) is 3.16. The largest absolute Gasteiger partial charge is 0.493 e. The summed E-state index contributed by atoms with van der Waals surface area (Å²) in [5, 5.41) is 8.18. The van der Waals surface area contributed by atoms with Crippen LogP contribution in [0, 0.1) is 0 Å². The van der Waals surface area contributed by atoms with Crippen molar-refractivity contribution in [2.45, 2.75) is 38.0 Å². The zero-order valence-corrected chi connectivity index (χ0v) is 13.9. The molecule has 130 valence electrons. The Labute approximate surface area is 145 Å². The van der Waals surface area contributed by atoms with Crippen LogP contribution in [-0.2, 0) is 17.8 Å². The minimum atomic E-state index is 0.0462. The van der Waals surface area contributed by atoms with E-state index >= 15 is 0 Å². The van der Waals surface area contributed by atoms with Crippen LogP contribution in [0.5, 0.6) is 5.75 Å². The lowest BCUT2D eigenvalue weighted by Gasteiger charge is -2.41. The normalized spacial score (nSPS) is 24.7. The van der Waals surface area contributed by atoms with Gasteiger partial charge in [-0.2, -0.15) is 0 Å². The van der Waals surface area contributed by atoms with E-state index in [1.807, 2.05) is 27.8 Å². The summed E-state index contributed by atoms with van der Waals surface area (Å²) in [6, 6.07) is 5.83. The Balaban J connectivity index is 1.38. The molecular weight excluding hydrogens is 320 g/mol. The van der Waals surface area contributed by atoms with Crippen molar-refractivity contribution >= 4 is 5.91 Å². The number of hydrogen-bond donors (Lipinski definition) is 0. The molecule has 0 saturated carbocycles. The number of aryl methyl sites for hydroxylation is 1. The van der Waals surface area contributed by atoms with E-state index in [0.717, 1.165) is 48.4 Å². The highest BCUT2D eigenvalue weighted by atomic mass is 16.5. The number of benzene rings is 1. The second-order valence-corrected chi connectivity index (χ2v) is 6.90. The first-order valence-corrected chi connectivity index (χ1v) is 8.85. The molecule has 0 aliphatic carbocycles. The van der Waals surface area contributed by atoms with Crippen LogP contribution >= 0.6 is 0 Å². The molecule has 25 heavy (non-hydrogen) atoms. The van der Waals surface area contributed by atoms with Gasteiger partial charge in [-0.15, -0.1) is 5.10 Å². The Bertz CT molecular complexity index is 818. The maximum atomic E-state index is 13.0. The van der Waals surface area contributed by atoms with Gasteiger partial charge in [0.1, 0.15) is 5.75 Å². The fourth-order valence-corrected chi connectivity index (χ4v) is 4.04. The standard InChI is InChI=1S/C18H20N4O3/c23-18(13-3-4-16-12(8-13)2-1-7-24-16)21-6-5-17-15(10-21)22-14(11-25-17)9-19-20-22/h3-4,8-9,15,17H,1-2,5-7,10-11H2/t15-,17-/m0/s1. The molecule has 5 rings (SSSR count). The molecule has 1 amide bonds. The average molecular weight is 340 g/mol. The summed E-state index contributed by atoms with van der Waals surface area (Å²) in [5.74, 6) is 0.980. The Morgan fingerprint density at radius 1 is 1.32 bits per heavy atom. The molecule has 2 aromatic rings. The highest BCUT2D eigenvalue weighted by molar-refractivity contribution is 5.94. The van der Waals surface area contributed by atoms with E-state index in [-0.39, 0.29) is 18.1 Å². The first kappa shape index (κ1) is 14.9. The van der Waals surface area contributed by atoms with Crippen LogP contribution in [0.4, 0.5) is 0 Å². The van der Waals surface area contributed by atoms with Gasteiger partial charge in [0.15, 0.2) is 0 Å². The number of hydrogen-bond acceptors (Lipinski definition) is 5. The second-order valence-electron chi connectivity index (χ2n) is 6.90. The number of aromatic nitrogens is 3. The number of piperidine rings is 1. The molecule has 7 heteroatoms. The van der Waals surface area contributed by atoms with Gasteiger partial charge in [-0.1, -0.05) is 5.21 Å². The topological polar surface area (TPSA) is 69.5 Å². The van der Waals surface area contributed by atoms with Gasteiger partial charge in [0, 0.05) is 18.7 Å². The van der Waals surface area contributed by atoms with E-state index in [1.165, 1.54) is 0 Å². The fraction of sp³-hybridized carbons (Fsp3) is 0.500. The van der Waals surface area contributed by atoms with Crippen molar-refractivity contribution < 1.29 is 14.3 Å². The lowest BCUT2D eigenvalue weighted by molar-refractivity contribution is -0.0605. The summed E-state index contributed by atoms with van der Waals surface area (Å²) in [6.07, 6.45) is 4.64. The molecule has 1 aromatic carbocycles. The molecule has 0 radical (unpaired) electrons. The van der Waals surface area contributed by atoms with Crippen molar-refractivity contribution in [2.24, 2.45) is 0 Å². The number of ether oxygens (including phenoxy) is 2. The minimum Gasteiger partial charge on any atom is -0.493 e. The van der Waals surface area contributed by atoms with Crippen molar-refractivity contribution in [1.29, 1.82) is 0 Å². The number of likely N-dealkylation sites (tertiary alicyclic amines) is 1. The summed E-state index contributed by atoms with van der Waals surface area (Å²) in [4.78, 5) is 14.9. The summed E-state index contributed by atoms with van der Waals surface area (Å²) in [7, 11) is 0. The van der Waals surface area contributed by atoms with Crippen molar-refractivity contribution in [3.8, 4) is 5.75 Å². The molecular formula is C18H20N4O3. The lowest BCUT2D eigenvalue weighted by Crippen LogP contribution is -2.49. The van der Waals surface area contributed by atoms with Crippen molar-refractivity contribution in [1.82, 2.24) is 19.9 Å². The number of nitrogens with zero attached hydrogens (tertiary/aromatic N) is 4. The Kier molecular flexibility index (Phi) is 3.48. The van der Waals surface area contributed by atoms with Crippen LogP contribution < -0.4 is 4.74 Å². The zero-order chi connectivity index (χ0) is 16.8. The van der Waals surface area contributed by atoms with Gasteiger partial charge in [0.25, 0.3) is 5.91 Å². The third-order valence-corrected chi connectivity index (χ3v) is 5.37. The Morgan fingerprint density at radius 3 is 3.24 bits per heavy atom. The number of carbonyl (C=O) groups excluding carboxylic acids is 1. The summed E-state index contributed by atoms with van der Waals surface area (Å²) >= 11 is 0. The first-order valence-electron chi connectivity index (χ1n) is 8.85. The zero-order valence-electron chi connectivity index (χ0n) is 13.9. The molecule has 1 aromatic heterocycles. The number of amides is 1. The van der Waals surface area contributed by atoms with Crippen molar-refractivity contribution in [3.63, 3.8) is 0 Å². The predicted molar refractivity (Wildman–Crippen MR) is 88.4 cm³/mol. The van der Waals surface area contributed by atoms with Crippen LogP contribution in [0.1, 0.15) is 40.5 Å². The first-order chi connectivity index (χ1) is 12.3. The molecule has 0 N–H and O–H groups in total. The quantitative estimate of drug-likeness (QED) is 0.788. The number of carbonyl (C=O) groups is 1. The van der Waals surface area contributed by atoms with E-state index in [2.05, 4.69) is 10.3 Å². The Hall–Kier alpha value is -2.41. The number of rotatable bonds is 1. The molecule has 1 fully saturated rings. The summed E-state index contributed by atoms with van der Waals surface area (Å²) in [5.41, 5.74) is 2.84. The van der Waals surface area contributed by atoms with Crippen LogP contribution in [0.3, 0.4) is 0 Å². The lowest BCUT2D eigenvalue weighted by atomic mass is 9.98. The molecule has 3 aliphatic heterocycles. The maximum Gasteiger partial charge on any atom is 0.253 e. The minimum absolute atomic E-state index is 0.0462. The molecule has 7 nitrogen and oxygen atoms in total. The summed E-state index contributed by atoms with van der Waals surface area (Å²) < 4.78 is 13.5. The van der Waals surface area contributed by atoms with E-state index in [4.69, 9.17) is 9.47 Å². The molecule has 0 unspecified atom stereocenters. The van der Waals surface area contributed by atoms with Gasteiger partial charge in [-0.05, 0) is 43.0 Å². The highest BCUT2D eigenvalue weighted by Gasteiger charge is 2.38. The number of fused-ring (bicyclic) bond motifs is 4. The van der Waals surface area contributed by atoms with Crippen LogP contribution in [0.15, 0.2) is 24.4 Å². The van der Waals surface area contributed by atoms with Crippen molar-refractivity contribution in [2.75, 3.05) is 19.7 Å². The van der Waals surface area contributed by atoms with Crippen molar-refractivity contribution in [3.05, 3.63) is 41.2 Å². The van der Waals surface area contributed by atoms with Gasteiger partial charge in [0.05, 0.1) is 37.3 Å². The monoisotopic (exact) mass is 340 g/mol. The van der Waals surface area contributed by atoms with E-state index in [1.54, 1.807) is 6.20 Å². The van der Waals surface area contributed by atoms with Gasteiger partial charge in [-0.3, -0.25) is 4.79 Å². The molecule has 0 spiro atoms. The highest BCUT2D eigenvalue weighted by Crippen LogP contribution is 2.31. The van der Waals surface area contributed by atoms with E-state index in [0.29, 0.717) is 19.7 Å². The van der Waals surface area contributed by atoms with Crippen LogP contribution in [0.25, 0.3) is 0 Å². The van der Waals surface area contributed by atoms with Gasteiger partial charge in [0.2, 0.25) is 0 Å². The smallest absolute Gasteiger partial charge is 0.253 e. The fourth-order valence-electron chi connectivity index (χ4n) is 4.04. The van der Waals surface area contributed by atoms with Crippen LogP contribution in [0.2, 0.25) is 0 Å². The second kappa shape index (κ2) is 5.84. The summed E-state index contributed by atoms with van der Waals surface area (Å²) in [6.45, 7) is 2.62. The SMILES string of the molecule is O=C(c1ccc2c(c1)CCCO2)N1CC[C@@H]2OCc3cnnn3[C@H]2C1. The molecule has 2 atom stereocenters. The van der Waals surface area contributed by atoms with Gasteiger partial charge < -0.3 is 14.4 Å². The molecule has 0 bridgehead atoms. The maximum absolute atomic E-state index is 13.0. The Morgan fingerprint density at radius 2 is 2.28 bits per heavy atom. The van der Waals surface area contributed by atoms with Gasteiger partial charge >= 0.3 is 0 Å². The van der Waals surface area contributed by atoms with Crippen LogP contribution in [-0.4, -0.2) is 51.6 Å². The third kappa shape index (κ3) is 2.50.